The van der Waals surface area contributed by atoms with E-state index in [0.29, 0.717) is 22.2 Å². The lowest BCUT2D eigenvalue weighted by Crippen LogP contribution is -2.46. The zero-order valence-electron chi connectivity index (χ0n) is 13.5. The molecule has 3 rings (SSSR count). The van der Waals surface area contributed by atoms with Crippen molar-refractivity contribution in [2.45, 2.75) is 25.4 Å². The zero-order valence-corrected chi connectivity index (χ0v) is 15.1. The number of halogens is 2. The van der Waals surface area contributed by atoms with Crippen molar-refractivity contribution in [2.75, 3.05) is 20.1 Å². The van der Waals surface area contributed by atoms with Gasteiger partial charge in [0, 0.05) is 6.04 Å². The molecule has 2 aromatic rings. The summed E-state index contributed by atoms with van der Waals surface area (Å²) in [6.45, 7) is 2.37. The molecule has 1 aliphatic rings. The number of carbonyl (C=O) groups is 1. The number of carbonyl (C=O) groups excluding carboxylic acids is 1. The van der Waals surface area contributed by atoms with Crippen molar-refractivity contribution in [3.8, 4) is 0 Å². The molecule has 6 heteroatoms. The number of rotatable bonds is 4. The highest BCUT2D eigenvalue weighted by molar-refractivity contribution is 6.43. The highest BCUT2D eigenvalue weighted by Crippen LogP contribution is 2.29. The van der Waals surface area contributed by atoms with Crippen LogP contribution in [0.15, 0.2) is 41.0 Å². The number of benzene rings is 1. The Labute approximate surface area is 151 Å². The highest BCUT2D eigenvalue weighted by atomic mass is 35.5. The number of hydrogen-bond donors (Lipinski definition) is 0. The summed E-state index contributed by atoms with van der Waals surface area (Å²) >= 11 is 12.3. The minimum absolute atomic E-state index is 0.103. The number of likely N-dealkylation sites (tertiary alicyclic amines) is 1. The van der Waals surface area contributed by atoms with Crippen LogP contribution in [0.3, 0.4) is 0 Å². The second-order valence-corrected chi connectivity index (χ2v) is 6.93. The quantitative estimate of drug-likeness (QED) is 0.808. The van der Waals surface area contributed by atoms with Crippen LogP contribution in [0.5, 0.6) is 0 Å². The monoisotopic (exact) mass is 366 g/mol. The fourth-order valence-corrected chi connectivity index (χ4v) is 3.45. The van der Waals surface area contributed by atoms with Crippen LogP contribution in [0.4, 0.5) is 0 Å². The zero-order chi connectivity index (χ0) is 17.1. The standard InChI is InChI=1S/C18H20Cl2N2O2/c1-21-9-7-13(8-10-21)22(12-14-4-3-11-24-14)18(23)15-5-2-6-16(19)17(15)20/h2-6,11,13H,7-10,12H2,1H3. The lowest BCUT2D eigenvalue weighted by atomic mass is 10.0. The van der Waals surface area contributed by atoms with Gasteiger partial charge in [0.15, 0.2) is 0 Å². The number of piperidine rings is 1. The second-order valence-electron chi connectivity index (χ2n) is 6.15. The Bertz CT molecular complexity index is 695. The number of hydrogen-bond acceptors (Lipinski definition) is 3. The van der Waals surface area contributed by atoms with E-state index in [0.717, 1.165) is 31.7 Å². The molecule has 0 radical (unpaired) electrons. The van der Waals surface area contributed by atoms with Crippen LogP contribution in [0.25, 0.3) is 0 Å². The molecule has 1 aromatic heterocycles. The molecule has 1 aromatic carbocycles. The predicted molar refractivity (Wildman–Crippen MR) is 95.6 cm³/mol. The Kier molecular flexibility index (Phi) is 5.49. The van der Waals surface area contributed by atoms with Gasteiger partial charge < -0.3 is 14.2 Å². The molecular weight excluding hydrogens is 347 g/mol. The maximum absolute atomic E-state index is 13.2. The Morgan fingerprint density at radius 1 is 1.25 bits per heavy atom. The van der Waals surface area contributed by atoms with Gasteiger partial charge in [-0.1, -0.05) is 29.3 Å². The van der Waals surface area contributed by atoms with Gasteiger partial charge in [-0.2, -0.15) is 0 Å². The molecule has 2 heterocycles. The first kappa shape index (κ1) is 17.3. The van der Waals surface area contributed by atoms with Gasteiger partial charge in [-0.25, -0.2) is 0 Å². The van der Waals surface area contributed by atoms with Crippen LogP contribution in [0.2, 0.25) is 10.0 Å². The molecule has 0 N–H and O–H groups in total. The third-order valence-electron chi connectivity index (χ3n) is 4.48. The molecule has 1 saturated heterocycles. The molecule has 1 amide bonds. The number of furan rings is 1. The van der Waals surface area contributed by atoms with Crippen molar-refractivity contribution in [3.63, 3.8) is 0 Å². The van der Waals surface area contributed by atoms with Crippen LogP contribution in [0.1, 0.15) is 29.0 Å². The van der Waals surface area contributed by atoms with Crippen molar-refractivity contribution in [3.05, 3.63) is 58.0 Å². The molecule has 0 atom stereocenters. The third kappa shape index (κ3) is 3.77. The van der Waals surface area contributed by atoms with E-state index in [2.05, 4.69) is 11.9 Å². The molecule has 0 unspecified atom stereocenters. The van der Waals surface area contributed by atoms with E-state index < -0.39 is 0 Å². The Morgan fingerprint density at radius 2 is 2.00 bits per heavy atom. The molecule has 0 spiro atoms. The Morgan fingerprint density at radius 3 is 2.67 bits per heavy atom. The van der Waals surface area contributed by atoms with Gasteiger partial charge in [0.05, 0.1) is 28.4 Å². The van der Waals surface area contributed by atoms with E-state index in [1.54, 1.807) is 24.5 Å². The van der Waals surface area contributed by atoms with Crippen LogP contribution in [0, 0.1) is 0 Å². The molecule has 1 fully saturated rings. The second kappa shape index (κ2) is 7.60. The SMILES string of the molecule is CN1CCC(N(Cc2ccco2)C(=O)c2cccc(Cl)c2Cl)CC1. The molecule has 1 aliphatic heterocycles. The van der Waals surface area contributed by atoms with Gasteiger partial charge in [0.25, 0.3) is 5.91 Å². The van der Waals surface area contributed by atoms with Crippen LogP contribution in [-0.4, -0.2) is 41.9 Å². The normalized spacial score (nSPS) is 16.3. The summed E-state index contributed by atoms with van der Waals surface area (Å²) < 4.78 is 5.45. The van der Waals surface area contributed by atoms with E-state index in [9.17, 15) is 4.79 Å². The van der Waals surface area contributed by atoms with Crippen molar-refractivity contribution in [2.24, 2.45) is 0 Å². The minimum atomic E-state index is -0.103. The molecule has 0 saturated carbocycles. The molecule has 24 heavy (non-hydrogen) atoms. The first-order chi connectivity index (χ1) is 11.6. The fraction of sp³-hybridized carbons (Fsp3) is 0.389. The van der Waals surface area contributed by atoms with Crippen LogP contribution in [-0.2, 0) is 6.54 Å². The molecular formula is C18H20Cl2N2O2. The van der Waals surface area contributed by atoms with Gasteiger partial charge in [0.2, 0.25) is 0 Å². The van der Waals surface area contributed by atoms with Gasteiger partial charge in [-0.05, 0) is 57.2 Å². The van der Waals surface area contributed by atoms with Crippen LogP contribution >= 0.6 is 23.2 Å². The highest BCUT2D eigenvalue weighted by Gasteiger charge is 2.29. The summed E-state index contributed by atoms with van der Waals surface area (Å²) in [6, 6.07) is 9.04. The van der Waals surface area contributed by atoms with Gasteiger partial charge in [-0.15, -0.1) is 0 Å². The first-order valence-corrected chi connectivity index (χ1v) is 8.77. The Balaban J connectivity index is 1.88. The van der Waals surface area contributed by atoms with Crippen molar-refractivity contribution in [1.29, 1.82) is 0 Å². The summed E-state index contributed by atoms with van der Waals surface area (Å²) in [5.74, 6) is 0.661. The summed E-state index contributed by atoms with van der Waals surface area (Å²) in [5.41, 5.74) is 0.439. The van der Waals surface area contributed by atoms with Gasteiger partial charge in [-0.3, -0.25) is 4.79 Å². The van der Waals surface area contributed by atoms with E-state index in [1.807, 2.05) is 17.0 Å². The topological polar surface area (TPSA) is 36.7 Å². The minimum Gasteiger partial charge on any atom is -0.467 e. The summed E-state index contributed by atoms with van der Waals surface area (Å²) in [6.07, 6.45) is 3.49. The smallest absolute Gasteiger partial charge is 0.256 e. The molecule has 0 aliphatic carbocycles. The molecule has 0 bridgehead atoms. The maximum atomic E-state index is 13.2. The van der Waals surface area contributed by atoms with Crippen molar-refractivity contribution < 1.29 is 9.21 Å². The van der Waals surface area contributed by atoms with E-state index in [1.165, 1.54) is 0 Å². The summed E-state index contributed by atoms with van der Waals surface area (Å²) in [7, 11) is 2.10. The average molecular weight is 367 g/mol. The third-order valence-corrected chi connectivity index (χ3v) is 5.30. The summed E-state index contributed by atoms with van der Waals surface area (Å²) in [4.78, 5) is 17.3. The lowest BCUT2D eigenvalue weighted by Gasteiger charge is -2.37. The van der Waals surface area contributed by atoms with E-state index in [-0.39, 0.29) is 11.9 Å². The van der Waals surface area contributed by atoms with Gasteiger partial charge >= 0.3 is 0 Å². The number of nitrogens with zero attached hydrogens (tertiary/aromatic N) is 2. The van der Waals surface area contributed by atoms with Gasteiger partial charge in [0.1, 0.15) is 5.76 Å². The van der Waals surface area contributed by atoms with Crippen molar-refractivity contribution in [1.82, 2.24) is 9.80 Å². The number of amides is 1. The van der Waals surface area contributed by atoms with E-state index >= 15 is 0 Å². The first-order valence-electron chi connectivity index (χ1n) is 8.02. The average Bonchev–Trinajstić information content (AvgIpc) is 3.09. The predicted octanol–water partition coefficient (Wildman–Crippen LogP) is 4.32. The molecule has 4 nitrogen and oxygen atoms in total. The fourth-order valence-electron chi connectivity index (χ4n) is 3.07. The lowest BCUT2D eigenvalue weighted by molar-refractivity contribution is 0.0551. The van der Waals surface area contributed by atoms with Crippen molar-refractivity contribution >= 4 is 29.1 Å². The van der Waals surface area contributed by atoms with E-state index in [4.69, 9.17) is 27.6 Å². The Hall–Kier alpha value is -1.49. The van der Waals surface area contributed by atoms with Crippen LogP contribution < -0.4 is 0 Å². The largest absolute Gasteiger partial charge is 0.467 e. The molecule has 128 valence electrons. The summed E-state index contributed by atoms with van der Waals surface area (Å²) in [5, 5.41) is 0.699. The maximum Gasteiger partial charge on any atom is 0.256 e.